The molecule has 7 heteroatoms. The minimum absolute atomic E-state index is 0.100. The van der Waals surface area contributed by atoms with E-state index in [0.717, 1.165) is 0 Å². The summed E-state index contributed by atoms with van der Waals surface area (Å²) < 4.78 is 18.7. The van der Waals surface area contributed by atoms with E-state index in [1.807, 2.05) is 6.92 Å². The Morgan fingerprint density at radius 2 is 1.71 bits per heavy atom. The molecule has 0 aromatic heterocycles. The van der Waals surface area contributed by atoms with Gasteiger partial charge in [-0.1, -0.05) is 25.1 Å². The van der Waals surface area contributed by atoms with Crippen molar-refractivity contribution in [2.45, 2.75) is 13.3 Å². The lowest BCUT2D eigenvalue weighted by Crippen LogP contribution is -2.41. The first-order chi connectivity index (χ1) is 13.5. The zero-order valence-electron chi connectivity index (χ0n) is 16.2. The number of benzene rings is 2. The number of nitrogens with zero attached hydrogens (tertiary/aromatic N) is 1. The summed E-state index contributed by atoms with van der Waals surface area (Å²) in [5.74, 6) is 0.0315. The van der Waals surface area contributed by atoms with Gasteiger partial charge in [-0.05, 0) is 48.9 Å². The standard InChI is InChI=1S/C21H26FN3O3/c1-3-25(15-21(27)24-17-8-10-18(28-2)11-9-17)14-20(26)23-13-12-16-6-4-5-7-19(16)22/h4-11H,3,12-15H2,1-2H3,(H,23,26)(H,24,27). The van der Waals surface area contributed by atoms with Gasteiger partial charge < -0.3 is 15.4 Å². The molecule has 0 unspecified atom stereocenters. The molecule has 0 radical (unpaired) electrons. The van der Waals surface area contributed by atoms with Crippen molar-refractivity contribution < 1.29 is 18.7 Å². The monoisotopic (exact) mass is 387 g/mol. The van der Waals surface area contributed by atoms with Crippen LogP contribution in [-0.2, 0) is 16.0 Å². The number of carbonyl (C=O) groups excluding carboxylic acids is 2. The lowest BCUT2D eigenvalue weighted by atomic mass is 10.1. The first-order valence-electron chi connectivity index (χ1n) is 9.18. The number of amides is 2. The normalized spacial score (nSPS) is 10.6. The molecule has 0 saturated heterocycles. The van der Waals surface area contributed by atoms with Crippen LogP contribution in [0.2, 0.25) is 0 Å². The molecule has 0 bridgehead atoms. The fourth-order valence-corrected chi connectivity index (χ4v) is 2.65. The van der Waals surface area contributed by atoms with Gasteiger partial charge >= 0.3 is 0 Å². The molecule has 0 fully saturated rings. The molecule has 0 aliphatic carbocycles. The van der Waals surface area contributed by atoms with Gasteiger partial charge in [-0.2, -0.15) is 0 Å². The Kier molecular flexibility index (Phi) is 8.42. The molecule has 0 heterocycles. The van der Waals surface area contributed by atoms with Crippen LogP contribution in [0, 0.1) is 5.82 Å². The number of hydrogen-bond donors (Lipinski definition) is 2. The Morgan fingerprint density at radius 3 is 2.36 bits per heavy atom. The SMILES string of the molecule is CCN(CC(=O)NCCc1ccccc1F)CC(=O)Nc1ccc(OC)cc1. The van der Waals surface area contributed by atoms with Crippen molar-refractivity contribution in [3.05, 3.63) is 59.9 Å². The number of likely N-dealkylation sites (N-methyl/N-ethyl adjacent to an activating group) is 1. The molecule has 2 aromatic carbocycles. The Hall–Kier alpha value is -2.93. The number of carbonyl (C=O) groups is 2. The van der Waals surface area contributed by atoms with E-state index in [4.69, 9.17) is 4.74 Å². The van der Waals surface area contributed by atoms with E-state index < -0.39 is 0 Å². The maximum atomic E-state index is 13.6. The second-order valence-corrected chi connectivity index (χ2v) is 6.27. The smallest absolute Gasteiger partial charge is 0.238 e. The molecule has 2 rings (SSSR count). The van der Waals surface area contributed by atoms with Gasteiger partial charge in [0.1, 0.15) is 11.6 Å². The molecule has 2 N–H and O–H groups in total. The van der Waals surface area contributed by atoms with E-state index in [-0.39, 0.29) is 30.7 Å². The van der Waals surface area contributed by atoms with Crippen molar-refractivity contribution in [1.82, 2.24) is 10.2 Å². The predicted octanol–water partition coefficient (Wildman–Crippen LogP) is 2.45. The maximum absolute atomic E-state index is 13.6. The third kappa shape index (κ3) is 7.00. The average molecular weight is 387 g/mol. The summed E-state index contributed by atoms with van der Waals surface area (Å²) >= 11 is 0. The van der Waals surface area contributed by atoms with E-state index in [9.17, 15) is 14.0 Å². The third-order valence-electron chi connectivity index (χ3n) is 4.23. The highest BCUT2D eigenvalue weighted by atomic mass is 19.1. The summed E-state index contributed by atoms with van der Waals surface area (Å²) in [6.07, 6.45) is 0.419. The van der Waals surface area contributed by atoms with Crippen LogP contribution in [0.1, 0.15) is 12.5 Å². The molecule has 0 atom stereocenters. The minimum atomic E-state index is -0.276. The van der Waals surface area contributed by atoms with Crippen LogP contribution < -0.4 is 15.4 Å². The Morgan fingerprint density at radius 1 is 1.04 bits per heavy atom. The van der Waals surface area contributed by atoms with Crippen molar-refractivity contribution in [1.29, 1.82) is 0 Å². The van der Waals surface area contributed by atoms with E-state index in [2.05, 4.69) is 10.6 Å². The largest absolute Gasteiger partial charge is 0.497 e. The Labute approximate surface area is 164 Å². The van der Waals surface area contributed by atoms with Crippen LogP contribution in [-0.4, -0.2) is 50.0 Å². The average Bonchev–Trinajstić information content (AvgIpc) is 2.69. The number of halogens is 1. The van der Waals surface area contributed by atoms with Crippen molar-refractivity contribution in [2.75, 3.05) is 38.6 Å². The number of rotatable bonds is 10. The second kappa shape index (κ2) is 11.0. The molecule has 150 valence electrons. The van der Waals surface area contributed by atoms with Gasteiger partial charge in [0, 0.05) is 12.2 Å². The lowest BCUT2D eigenvalue weighted by molar-refractivity contribution is -0.123. The van der Waals surface area contributed by atoms with Crippen LogP contribution in [0.15, 0.2) is 48.5 Å². The molecule has 0 saturated carbocycles. The van der Waals surface area contributed by atoms with Crippen LogP contribution >= 0.6 is 0 Å². The van der Waals surface area contributed by atoms with Crippen LogP contribution in [0.5, 0.6) is 5.75 Å². The highest BCUT2D eigenvalue weighted by Crippen LogP contribution is 2.14. The van der Waals surface area contributed by atoms with Gasteiger partial charge in [-0.15, -0.1) is 0 Å². The fourth-order valence-electron chi connectivity index (χ4n) is 2.65. The number of anilines is 1. The predicted molar refractivity (Wildman–Crippen MR) is 107 cm³/mol. The minimum Gasteiger partial charge on any atom is -0.497 e. The molecule has 0 aliphatic heterocycles. The van der Waals surface area contributed by atoms with Gasteiger partial charge in [0.25, 0.3) is 0 Å². The summed E-state index contributed by atoms with van der Waals surface area (Å²) in [6.45, 7) is 2.98. The van der Waals surface area contributed by atoms with Crippen LogP contribution in [0.25, 0.3) is 0 Å². The van der Waals surface area contributed by atoms with Gasteiger partial charge in [0.15, 0.2) is 0 Å². The van der Waals surface area contributed by atoms with Gasteiger partial charge in [-0.3, -0.25) is 14.5 Å². The Bertz CT molecular complexity index is 781. The highest BCUT2D eigenvalue weighted by Gasteiger charge is 2.13. The van der Waals surface area contributed by atoms with Gasteiger partial charge in [0.2, 0.25) is 11.8 Å². The van der Waals surface area contributed by atoms with Gasteiger partial charge in [-0.25, -0.2) is 4.39 Å². The zero-order chi connectivity index (χ0) is 20.4. The van der Waals surface area contributed by atoms with Crippen LogP contribution in [0.3, 0.4) is 0 Å². The number of nitrogens with one attached hydrogen (secondary N) is 2. The second-order valence-electron chi connectivity index (χ2n) is 6.27. The molecule has 0 spiro atoms. The first kappa shape index (κ1) is 21.4. The lowest BCUT2D eigenvalue weighted by Gasteiger charge is -2.19. The molecular formula is C21H26FN3O3. The number of ether oxygens (including phenoxy) is 1. The zero-order valence-corrected chi connectivity index (χ0v) is 16.2. The number of methoxy groups -OCH3 is 1. The highest BCUT2D eigenvalue weighted by molar-refractivity contribution is 5.92. The molecule has 2 amide bonds. The maximum Gasteiger partial charge on any atom is 0.238 e. The quantitative estimate of drug-likeness (QED) is 0.657. The van der Waals surface area contributed by atoms with E-state index in [1.165, 1.54) is 6.07 Å². The van der Waals surface area contributed by atoms with Gasteiger partial charge in [0.05, 0.1) is 20.2 Å². The first-order valence-corrected chi connectivity index (χ1v) is 9.18. The summed E-state index contributed by atoms with van der Waals surface area (Å²) in [5.41, 5.74) is 1.23. The van der Waals surface area contributed by atoms with Crippen molar-refractivity contribution in [2.24, 2.45) is 0 Å². The summed E-state index contributed by atoms with van der Waals surface area (Å²) in [7, 11) is 1.58. The summed E-state index contributed by atoms with van der Waals surface area (Å²) in [6, 6.07) is 13.5. The molecule has 28 heavy (non-hydrogen) atoms. The van der Waals surface area contributed by atoms with Crippen molar-refractivity contribution >= 4 is 17.5 Å². The molecule has 0 aliphatic rings. The van der Waals surface area contributed by atoms with Crippen LogP contribution in [0.4, 0.5) is 10.1 Å². The molecule has 6 nitrogen and oxygen atoms in total. The van der Waals surface area contributed by atoms with E-state index in [1.54, 1.807) is 54.5 Å². The molecule has 2 aromatic rings. The fraction of sp³-hybridized carbons (Fsp3) is 0.333. The summed E-state index contributed by atoms with van der Waals surface area (Å²) in [4.78, 5) is 26.0. The third-order valence-corrected chi connectivity index (χ3v) is 4.23. The van der Waals surface area contributed by atoms with E-state index in [0.29, 0.717) is 36.5 Å². The molecular weight excluding hydrogens is 361 g/mol. The number of hydrogen-bond acceptors (Lipinski definition) is 4. The van der Waals surface area contributed by atoms with E-state index >= 15 is 0 Å². The van der Waals surface area contributed by atoms with Crippen molar-refractivity contribution in [3.8, 4) is 5.75 Å². The Balaban J connectivity index is 1.74. The topological polar surface area (TPSA) is 70.7 Å². The summed E-state index contributed by atoms with van der Waals surface area (Å²) in [5, 5.41) is 5.56. The van der Waals surface area contributed by atoms with Crippen molar-refractivity contribution in [3.63, 3.8) is 0 Å².